The molecule has 19 heavy (non-hydrogen) atoms. The number of rotatable bonds is 5. The summed E-state index contributed by atoms with van der Waals surface area (Å²) in [6.07, 6.45) is 1.65. The zero-order valence-corrected chi connectivity index (χ0v) is 12.2. The lowest BCUT2D eigenvalue weighted by Gasteiger charge is -2.09. The number of halogens is 1. The number of aliphatic imine (C=N–C) groups is 1. The third kappa shape index (κ3) is 4.61. The summed E-state index contributed by atoms with van der Waals surface area (Å²) in [6, 6.07) is 7.68. The maximum Gasteiger partial charge on any atom is 0.191 e. The highest BCUT2D eigenvalue weighted by Crippen LogP contribution is 2.20. The van der Waals surface area contributed by atoms with E-state index in [-0.39, 0.29) is 0 Å². The van der Waals surface area contributed by atoms with Crippen molar-refractivity contribution >= 4 is 28.9 Å². The molecule has 0 aromatic carbocycles. The highest BCUT2D eigenvalue weighted by Gasteiger charge is 2.01. The smallest absolute Gasteiger partial charge is 0.191 e. The Morgan fingerprint density at radius 2 is 2.26 bits per heavy atom. The molecule has 102 valence electrons. The van der Waals surface area contributed by atoms with E-state index < -0.39 is 0 Å². The molecule has 0 spiro atoms. The van der Waals surface area contributed by atoms with Crippen molar-refractivity contribution in [2.45, 2.75) is 20.0 Å². The first-order valence-electron chi connectivity index (χ1n) is 6.06. The van der Waals surface area contributed by atoms with Crippen molar-refractivity contribution in [3.05, 3.63) is 45.5 Å². The monoisotopic (exact) mass is 297 g/mol. The van der Waals surface area contributed by atoms with Gasteiger partial charge < -0.3 is 15.1 Å². The van der Waals surface area contributed by atoms with Crippen LogP contribution < -0.4 is 10.6 Å². The molecule has 2 rings (SSSR count). The third-order valence-corrected chi connectivity index (χ3v) is 3.61. The molecule has 0 radical (unpaired) electrons. The van der Waals surface area contributed by atoms with E-state index in [1.165, 1.54) is 4.88 Å². The fourth-order valence-electron chi connectivity index (χ4n) is 1.52. The van der Waals surface area contributed by atoms with Crippen LogP contribution in [0.4, 0.5) is 0 Å². The van der Waals surface area contributed by atoms with Gasteiger partial charge in [-0.15, -0.1) is 11.3 Å². The Morgan fingerprint density at radius 1 is 1.37 bits per heavy atom. The van der Waals surface area contributed by atoms with Crippen molar-refractivity contribution in [2.24, 2.45) is 4.99 Å². The summed E-state index contributed by atoms with van der Waals surface area (Å²) >= 11 is 7.46. The average Bonchev–Trinajstić information content (AvgIpc) is 3.04. The van der Waals surface area contributed by atoms with Gasteiger partial charge in [0.25, 0.3) is 0 Å². The number of nitrogens with zero attached hydrogens (tertiary/aromatic N) is 1. The standard InChI is InChI=1S/C13H16ClN3OS/c1-2-15-13(16-8-10-4-3-7-18-10)17-9-11-5-6-12(14)19-11/h3-7H,2,8-9H2,1H3,(H2,15,16,17). The summed E-state index contributed by atoms with van der Waals surface area (Å²) in [5.41, 5.74) is 0. The van der Waals surface area contributed by atoms with Crippen LogP contribution in [0.3, 0.4) is 0 Å². The van der Waals surface area contributed by atoms with E-state index in [1.807, 2.05) is 31.2 Å². The van der Waals surface area contributed by atoms with Crippen LogP contribution in [0.15, 0.2) is 39.9 Å². The summed E-state index contributed by atoms with van der Waals surface area (Å²) in [4.78, 5) is 5.62. The fourth-order valence-corrected chi connectivity index (χ4v) is 2.55. The highest BCUT2D eigenvalue weighted by molar-refractivity contribution is 7.16. The van der Waals surface area contributed by atoms with Gasteiger partial charge in [-0.25, -0.2) is 4.99 Å². The minimum atomic E-state index is 0.521. The molecule has 0 aliphatic carbocycles. The quantitative estimate of drug-likeness (QED) is 0.658. The first-order chi connectivity index (χ1) is 9.28. The Kier molecular flexibility index (Phi) is 5.30. The Hall–Kier alpha value is -1.46. The van der Waals surface area contributed by atoms with Crippen molar-refractivity contribution in [1.82, 2.24) is 10.6 Å². The number of guanidine groups is 1. The molecule has 2 aromatic rings. The number of thiophene rings is 1. The zero-order valence-electron chi connectivity index (χ0n) is 10.6. The molecule has 0 bridgehead atoms. The topological polar surface area (TPSA) is 49.6 Å². The van der Waals surface area contributed by atoms with Crippen LogP contribution in [0.25, 0.3) is 0 Å². The van der Waals surface area contributed by atoms with Gasteiger partial charge in [-0.2, -0.15) is 0 Å². The van der Waals surface area contributed by atoms with E-state index in [1.54, 1.807) is 17.6 Å². The molecular formula is C13H16ClN3OS. The van der Waals surface area contributed by atoms with Gasteiger partial charge in [0.2, 0.25) is 0 Å². The summed E-state index contributed by atoms with van der Waals surface area (Å²) in [7, 11) is 0. The van der Waals surface area contributed by atoms with E-state index in [0.29, 0.717) is 13.1 Å². The number of hydrogen-bond donors (Lipinski definition) is 2. The van der Waals surface area contributed by atoms with Crippen molar-refractivity contribution in [3.63, 3.8) is 0 Å². The molecule has 0 amide bonds. The third-order valence-electron chi connectivity index (χ3n) is 2.38. The molecule has 2 heterocycles. The SMILES string of the molecule is CCNC(=NCc1ccco1)NCc1ccc(Cl)s1. The Bertz CT molecular complexity index is 522. The molecule has 6 heteroatoms. The number of furan rings is 1. The molecule has 0 saturated carbocycles. The normalized spacial score (nSPS) is 11.6. The van der Waals surface area contributed by atoms with E-state index in [4.69, 9.17) is 16.0 Å². The highest BCUT2D eigenvalue weighted by atomic mass is 35.5. The van der Waals surface area contributed by atoms with Crippen molar-refractivity contribution in [1.29, 1.82) is 0 Å². The minimum absolute atomic E-state index is 0.521. The van der Waals surface area contributed by atoms with Crippen LogP contribution in [0.1, 0.15) is 17.6 Å². The Labute approximate surface area is 121 Å². The average molecular weight is 298 g/mol. The van der Waals surface area contributed by atoms with Crippen LogP contribution in [0.2, 0.25) is 4.34 Å². The maximum atomic E-state index is 5.90. The van der Waals surface area contributed by atoms with Crippen LogP contribution >= 0.6 is 22.9 Å². The second kappa shape index (κ2) is 7.21. The fraction of sp³-hybridized carbons (Fsp3) is 0.308. The molecule has 0 aliphatic rings. The van der Waals surface area contributed by atoms with Gasteiger partial charge in [-0.1, -0.05) is 11.6 Å². The lowest BCUT2D eigenvalue weighted by Crippen LogP contribution is -2.36. The molecule has 0 fully saturated rings. The van der Waals surface area contributed by atoms with E-state index >= 15 is 0 Å². The van der Waals surface area contributed by atoms with Crippen molar-refractivity contribution in [3.8, 4) is 0 Å². The predicted molar refractivity (Wildman–Crippen MR) is 79.7 cm³/mol. The van der Waals surface area contributed by atoms with Crippen LogP contribution in [0, 0.1) is 0 Å². The first-order valence-corrected chi connectivity index (χ1v) is 7.26. The molecule has 0 saturated heterocycles. The van der Waals surface area contributed by atoms with Gasteiger partial charge in [-0.05, 0) is 31.2 Å². The molecular weight excluding hydrogens is 282 g/mol. The van der Waals surface area contributed by atoms with Gasteiger partial charge in [0, 0.05) is 11.4 Å². The predicted octanol–water partition coefficient (Wildman–Crippen LogP) is 3.25. The summed E-state index contributed by atoms with van der Waals surface area (Å²) < 4.78 is 6.05. The molecule has 2 aromatic heterocycles. The Balaban J connectivity index is 1.89. The van der Waals surface area contributed by atoms with Gasteiger partial charge in [0.05, 0.1) is 17.1 Å². The number of hydrogen-bond acceptors (Lipinski definition) is 3. The first kappa shape index (κ1) is 14.0. The second-order valence-corrected chi connectivity index (χ2v) is 5.63. The van der Waals surface area contributed by atoms with Gasteiger partial charge in [0.15, 0.2) is 5.96 Å². The maximum absolute atomic E-state index is 5.90. The van der Waals surface area contributed by atoms with Crippen LogP contribution in [-0.2, 0) is 13.1 Å². The van der Waals surface area contributed by atoms with Crippen LogP contribution in [-0.4, -0.2) is 12.5 Å². The molecule has 2 N–H and O–H groups in total. The molecule has 0 aliphatic heterocycles. The van der Waals surface area contributed by atoms with Crippen molar-refractivity contribution in [2.75, 3.05) is 6.54 Å². The molecule has 0 unspecified atom stereocenters. The number of nitrogens with one attached hydrogen (secondary N) is 2. The van der Waals surface area contributed by atoms with Gasteiger partial charge in [-0.3, -0.25) is 0 Å². The minimum Gasteiger partial charge on any atom is -0.467 e. The Morgan fingerprint density at radius 3 is 2.89 bits per heavy atom. The van der Waals surface area contributed by atoms with E-state index in [2.05, 4.69) is 15.6 Å². The lowest BCUT2D eigenvalue weighted by atomic mass is 10.4. The summed E-state index contributed by atoms with van der Waals surface area (Å²) in [5, 5.41) is 6.45. The molecule has 0 atom stereocenters. The molecule has 4 nitrogen and oxygen atoms in total. The van der Waals surface area contributed by atoms with Gasteiger partial charge in [0.1, 0.15) is 12.3 Å². The van der Waals surface area contributed by atoms with Crippen molar-refractivity contribution < 1.29 is 4.42 Å². The second-order valence-electron chi connectivity index (χ2n) is 3.83. The zero-order chi connectivity index (χ0) is 13.5. The largest absolute Gasteiger partial charge is 0.467 e. The van der Waals surface area contributed by atoms with Crippen LogP contribution in [0.5, 0.6) is 0 Å². The summed E-state index contributed by atoms with van der Waals surface area (Å²) in [5.74, 6) is 1.61. The van der Waals surface area contributed by atoms with E-state index in [0.717, 1.165) is 22.6 Å². The van der Waals surface area contributed by atoms with E-state index in [9.17, 15) is 0 Å². The summed E-state index contributed by atoms with van der Waals surface area (Å²) in [6.45, 7) is 4.08. The lowest BCUT2D eigenvalue weighted by molar-refractivity contribution is 0.512. The van der Waals surface area contributed by atoms with Gasteiger partial charge >= 0.3 is 0 Å².